The van der Waals surface area contributed by atoms with Crippen LogP contribution in [0, 0.1) is 0 Å². The molecule has 4 aromatic rings. The van der Waals surface area contributed by atoms with Gasteiger partial charge in [0.05, 0.1) is 16.8 Å². The number of aromatic nitrogens is 2. The lowest BCUT2D eigenvalue weighted by Gasteiger charge is -2.21. The fraction of sp³-hybridized carbons (Fsp3) is 0.346. The molecule has 1 aromatic carbocycles. The zero-order chi connectivity index (χ0) is 24.2. The Balaban J connectivity index is 1.46. The molecule has 0 fully saturated rings. The quantitative estimate of drug-likeness (QED) is 0.281. The van der Waals surface area contributed by atoms with Crippen LogP contribution in [0.15, 0.2) is 42.7 Å². The van der Waals surface area contributed by atoms with Crippen LogP contribution in [-0.2, 0) is 16.1 Å². The van der Waals surface area contributed by atoms with E-state index in [1.54, 1.807) is 42.2 Å². The van der Waals surface area contributed by atoms with Crippen LogP contribution in [0.3, 0.4) is 0 Å². The highest BCUT2D eigenvalue weighted by Gasteiger charge is 2.28. The summed E-state index contributed by atoms with van der Waals surface area (Å²) in [6.07, 6.45) is 4.02. The van der Waals surface area contributed by atoms with E-state index in [2.05, 4.69) is 46.1 Å². The molecule has 35 heavy (non-hydrogen) atoms. The Kier molecular flexibility index (Phi) is 7.50. The molecule has 182 valence electrons. The second-order valence-electron chi connectivity index (χ2n) is 8.65. The molecule has 1 amide bonds. The van der Waals surface area contributed by atoms with Crippen molar-refractivity contribution in [1.29, 1.82) is 0 Å². The number of methoxy groups -OCH3 is 1. The highest BCUT2D eigenvalue weighted by Crippen LogP contribution is 2.47. The Morgan fingerprint density at radius 1 is 1.17 bits per heavy atom. The average Bonchev–Trinajstić information content (AvgIpc) is 3.45. The Hall–Kier alpha value is -2.69. The average molecular weight is 508 g/mol. The molecular formula is C26H29N5O2S2. The molecule has 3 aromatic heterocycles. The molecule has 0 aliphatic carbocycles. The smallest absolute Gasteiger partial charge is 0.226 e. The number of benzene rings is 1. The van der Waals surface area contributed by atoms with Crippen molar-refractivity contribution in [3.8, 4) is 21.7 Å². The van der Waals surface area contributed by atoms with Crippen molar-refractivity contribution < 1.29 is 9.53 Å². The minimum atomic E-state index is 0.0106. The topological polar surface area (TPSA) is 88.2 Å². The maximum atomic E-state index is 12.8. The molecular weight excluding hydrogens is 478 g/mol. The van der Waals surface area contributed by atoms with E-state index in [9.17, 15) is 4.79 Å². The fourth-order valence-electron chi connectivity index (χ4n) is 4.40. The van der Waals surface area contributed by atoms with Crippen molar-refractivity contribution >= 4 is 43.8 Å². The first kappa shape index (κ1) is 24.0. The van der Waals surface area contributed by atoms with E-state index in [1.165, 1.54) is 10.4 Å². The number of carbonyl (C=O) groups excluding carboxylic acids is 1. The Morgan fingerprint density at radius 3 is 2.86 bits per heavy atom. The largest absolute Gasteiger partial charge is 0.383 e. The lowest BCUT2D eigenvalue weighted by molar-refractivity contribution is -0.116. The van der Waals surface area contributed by atoms with Gasteiger partial charge in [-0.15, -0.1) is 22.7 Å². The summed E-state index contributed by atoms with van der Waals surface area (Å²) in [5, 5.41) is 11.8. The highest BCUT2D eigenvalue weighted by atomic mass is 32.1. The van der Waals surface area contributed by atoms with E-state index in [0.29, 0.717) is 25.5 Å². The molecule has 0 saturated heterocycles. The van der Waals surface area contributed by atoms with Crippen molar-refractivity contribution in [2.75, 3.05) is 38.7 Å². The molecule has 9 heteroatoms. The van der Waals surface area contributed by atoms with Gasteiger partial charge in [0.2, 0.25) is 5.91 Å². The van der Waals surface area contributed by atoms with Crippen molar-refractivity contribution in [2.45, 2.75) is 25.8 Å². The SMILES string of the molecule is COCCNCCC(=O)Nc1sc2c(c1-c1nc3cc(-c4ccncc4)ccc3s1)[C@@H](C)CNC2. The first-order valence-corrected chi connectivity index (χ1v) is 13.4. The number of hydrogen-bond donors (Lipinski definition) is 3. The van der Waals surface area contributed by atoms with Gasteiger partial charge in [-0.2, -0.15) is 0 Å². The van der Waals surface area contributed by atoms with Crippen molar-refractivity contribution in [3.63, 3.8) is 0 Å². The number of nitrogens with zero attached hydrogens (tertiary/aromatic N) is 2. The number of fused-ring (bicyclic) bond motifs is 2. The van der Waals surface area contributed by atoms with E-state index in [0.717, 1.165) is 56.5 Å². The van der Waals surface area contributed by atoms with Crippen LogP contribution in [0.2, 0.25) is 0 Å². The van der Waals surface area contributed by atoms with Crippen molar-refractivity contribution in [3.05, 3.63) is 53.2 Å². The molecule has 0 unspecified atom stereocenters. The number of pyridine rings is 1. The number of ether oxygens (including phenoxy) is 1. The van der Waals surface area contributed by atoms with Gasteiger partial charge < -0.3 is 20.7 Å². The third-order valence-electron chi connectivity index (χ3n) is 6.13. The van der Waals surface area contributed by atoms with E-state index >= 15 is 0 Å². The summed E-state index contributed by atoms with van der Waals surface area (Å²) in [6.45, 7) is 5.97. The maximum Gasteiger partial charge on any atom is 0.226 e. The standard InChI is InChI=1S/C26H29N5O2S2/c1-16-14-29-15-21-23(16)24(26(35-21)31-22(32)7-10-28-11-12-33-2)25-30-19-13-18(3-4-20(19)34-25)17-5-8-27-9-6-17/h3-6,8-9,13,16,28-29H,7,10-12,14-15H2,1-2H3,(H,31,32)/t16-/m0/s1. The molecule has 0 radical (unpaired) electrons. The Morgan fingerprint density at radius 2 is 2.03 bits per heavy atom. The normalized spacial score (nSPS) is 15.3. The second kappa shape index (κ2) is 10.9. The summed E-state index contributed by atoms with van der Waals surface area (Å²) >= 11 is 3.36. The third-order valence-corrected chi connectivity index (χ3v) is 8.31. The van der Waals surface area contributed by atoms with Gasteiger partial charge in [0.25, 0.3) is 0 Å². The number of thiazole rings is 1. The van der Waals surface area contributed by atoms with E-state index in [-0.39, 0.29) is 5.91 Å². The second-order valence-corrected chi connectivity index (χ2v) is 10.8. The monoisotopic (exact) mass is 507 g/mol. The van der Waals surface area contributed by atoms with E-state index in [4.69, 9.17) is 9.72 Å². The highest BCUT2D eigenvalue weighted by molar-refractivity contribution is 7.23. The van der Waals surface area contributed by atoms with Gasteiger partial charge in [0, 0.05) is 62.5 Å². The maximum absolute atomic E-state index is 12.8. The summed E-state index contributed by atoms with van der Waals surface area (Å²) in [5.41, 5.74) is 5.62. The van der Waals surface area contributed by atoms with Gasteiger partial charge in [-0.3, -0.25) is 9.78 Å². The predicted molar refractivity (Wildman–Crippen MR) is 144 cm³/mol. The van der Waals surface area contributed by atoms with E-state index in [1.807, 2.05) is 12.1 Å². The number of anilines is 1. The zero-order valence-corrected chi connectivity index (χ0v) is 21.5. The minimum Gasteiger partial charge on any atom is -0.383 e. The molecule has 5 rings (SSSR count). The van der Waals surface area contributed by atoms with Crippen LogP contribution in [0.4, 0.5) is 5.00 Å². The molecule has 1 aliphatic rings. The van der Waals surface area contributed by atoms with Crippen LogP contribution in [0.1, 0.15) is 29.7 Å². The summed E-state index contributed by atoms with van der Waals surface area (Å²) in [4.78, 5) is 23.2. The fourth-order valence-corrected chi connectivity index (χ4v) is 6.78. The van der Waals surface area contributed by atoms with Crippen LogP contribution < -0.4 is 16.0 Å². The van der Waals surface area contributed by atoms with Crippen LogP contribution >= 0.6 is 22.7 Å². The first-order valence-electron chi connectivity index (χ1n) is 11.8. The number of nitrogens with one attached hydrogen (secondary N) is 3. The third kappa shape index (κ3) is 5.29. The van der Waals surface area contributed by atoms with Gasteiger partial charge in [-0.25, -0.2) is 4.98 Å². The molecule has 1 aliphatic heterocycles. The van der Waals surface area contributed by atoms with Gasteiger partial charge in [0.1, 0.15) is 10.0 Å². The summed E-state index contributed by atoms with van der Waals surface area (Å²) in [7, 11) is 1.67. The number of hydrogen-bond acceptors (Lipinski definition) is 8. The molecule has 3 N–H and O–H groups in total. The molecule has 7 nitrogen and oxygen atoms in total. The van der Waals surface area contributed by atoms with Crippen molar-refractivity contribution in [1.82, 2.24) is 20.6 Å². The van der Waals surface area contributed by atoms with Gasteiger partial charge in [-0.1, -0.05) is 13.0 Å². The zero-order valence-electron chi connectivity index (χ0n) is 19.9. The van der Waals surface area contributed by atoms with Gasteiger partial charge in [0.15, 0.2) is 0 Å². The Labute approximate surface area is 213 Å². The summed E-state index contributed by atoms with van der Waals surface area (Å²) in [6, 6.07) is 10.4. The van der Waals surface area contributed by atoms with E-state index < -0.39 is 0 Å². The molecule has 0 spiro atoms. The molecule has 1 atom stereocenters. The first-order chi connectivity index (χ1) is 17.1. The summed E-state index contributed by atoms with van der Waals surface area (Å²) in [5.74, 6) is 0.363. The lowest BCUT2D eigenvalue weighted by atomic mass is 9.94. The molecule has 4 heterocycles. The van der Waals surface area contributed by atoms with Crippen molar-refractivity contribution in [2.24, 2.45) is 0 Å². The van der Waals surface area contributed by atoms with Gasteiger partial charge in [-0.05, 0) is 46.9 Å². The van der Waals surface area contributed by atoms with Gasteiger partial charge >= 0.3 is 0 Å². The number of amides is 1. The van der Waals surface area contributed by atoms with Crippen LogP contribution in [-0.4, -0.2) is 49.2 Å². The van der Waals surface area contributed by atoms with Crippen LogP contribution in [0.25, 0.3) is 31.9 Å². The lowest BCUT2D eigenvalue weighted by Crippen LogP contribution is -2.25. The number of rotatable bonds is 9. The number of carbonyl (C=O) groups is 1. The minimum absolute atomic E-state index is 0.0106. The van der Waals surface area contributed by atoms with Crippen LogP contribution in [0.5, 0.6) is 0 Å². The molecule has 0 bridgehead atoms. The molecule has 0 saturated carbocycles. The summed E-state index contributed by atoms with van der Waals surface area (Å²) < 4.78 is 6.19. The number of thiophene rings is 1. The Bertz CT molecular complexity index is 1320. The predicted octanol–water partition coefficient (Wildman–Crippen LogP) is 4.86.